The number of hydrogen-bond acceptors (Lipinski definition) is 6. The minimum atomic E-state index is -0.502. The molecule has 0 N–H and O–H groups in total. The maximum atomic E-state index is 13.0. The molecule has 7 nitrogen and oxygen atoms in total. The molecular weight excluding hydrogens is 524 g/mol. The molecule has 2 aromatic carbocycles. The van der Waals surface area contributed by atoms with Crippen molar-refractivity contribution in [2.24, 2.45) is 0 Å². The predicted molar refractivity (Wildman–Crippen MR) is 149 cm³/mol. The van der Waals surface area contributed by atoms with Gasteiger partial charge in [0.1, 0.15) is 0 Å². The summed E-state index contributed by atoms with van der Waals surface area (Å²) in [4.78, 5) is 51.6. The first-order valence-electron chi connectivity index (χ1n) is 12.2. The highest BCUT2D eigenvalue weighted by atomic mass is 35.5. The molecule has 3 aromatic rings. The molecule has 0 bridgehead atoms. The van der Waals surface area contributed by atoms with Gasteiger partial charge < -0.3 is 9.30 Å². The molecule has 0 radical (unpaired) electrons. The summed E-state index contributed by atoms with van der Waals surface area (Å²) in [5, 5.41) is 0.00731. The number of nitrogens with zero attached hydrogens (tertiary/aromatic N) is 2. The van der Waals surface area contributed by atoms with Crippen LogP contribution in [0, 0.1) is 13.8 Å². The number of ketones is 1. The van der Waals surface area contributed by atoms with Crippen molar-refractivity contribution in [1.29, 1.82) is 0 Å². The molecule has 1 aromatic heterocycles. The summed E-state index contributed by atoms with van der Waals surface area (Å²) in [6.07, 6.45) is 3.46. The van der Waals surface area contributed by atoms with Gasteiger partial charge in [-0.15, -0.1) is 0 Å². The highest BCUT2D eigenvalue weighted by Crippen LogP contribution is 2.34. The molecule has 2 amide bonds. The first-order chi connectivity index (χ1) is 18.2. The van der Waals surface area contributed by atoms with Crippen molar-refractivity contribution in [2.45, 2.75) is 33.6 Å². The Bertz CT molecular complexity index is 1420. The molecule has 196 valence electrons. The lowest BCUT2D eigenvalue weighted by Crippen LogP contribution is -2.33. The van der Waals surface area contributed by atoms with Gasteiger partial charge >= 0.3 is 5.97 Å². The zero-order valence-corrected chi connectivity index (χ0v) is 22.9. The number of amides is 2. The molecule has 0 spiro atoms. The number of esters is 1. The van der Waals surface area contributed by atoms with Crippen LogP contribution in [0.25, 0.3) is 11.8 Å². The molecule has 1 aliphatic heterocycles. The number of aryl methyl sites for hydroxylation is 1. The third-order valence-corrected chi connectivity index (χ3v) is 7.35. The normalized spacial score (nSPS) is 14.4. The SMILES string of the molecule is CCCCOC(=O)c1ccc(-n2c(C)cc(/C=C3\SC(=O)N(CC(=O)c4ccc(Cl)cc4)C3=O)c2C)cc1. The molecule has 38 heavy (non-hydrogen) atoms. The Morgan fingerprint density at radius 3 is 2.32 bits per heavy atom. The van der Waals surface area contributed by atoms with Crippen molar-refractivity contribution in [1.82, 2.24) is 9.47 Å². The summed E-state index contributed by atoms with van der Waals surface area (Å²) in [6.45, 7) is 5.95. The fourth-order valence-electron chi connectivity index (χ4n) is 4.12. The fourth-order valence-corrected chi connectivity index (χ4v) is 5.07. The maximum Gasteiger partial charge on any atom is 0.338 e. The Morgan fingerprint density at radius 1 is 1.00 bits per heavy atom. The predicted octanol–water partition coefficient (Wildman–Crippen LogP) is 6.62. The summed E-state index contributed by atoms with van der Waals surface area (Å²) in [5.41, 5.74) is 4.27. The Hall–Kier alpha value is -3.62. The van der Waals surface area contributed by atoms with E-state index in [1.165, 1.54) is 0 Å². The van der Waals surface area contributed by atoms with E-state index in [2.05, 4.69) is 0 Å². The zero-order chi connectivity index (χ0) is 27.4. The van der Waals surface area contributed by atoms with Crippen LogP contribution in [-0.4, -0.2) is 45.5 Å². The van der Waals surface area contributed by atoms with Gasteiger partial charge in [0, 0.05) is 27.7 Å². The van der Waals surface area contributed by atoms with E-state index in [0.29, 0.717) is 22.8 Å². The molecule has 1 saturated heterocycles. The lowest BCUT2D eigenvalue weighted by atomic mass is 10.1. The zero-order valence-electron chi connectivity index (χ0n) is 21.3. The van der Waals surface area contributed by atoms with Crippen molar-refractivity contribution in [3.05, 3.63) is 92.6 Å². The van der Waals surface area contributed by atoms with Crippen LogP contribution in [0.4, 0.5) is 4.79 Å². The number of carbonyl (C=O) groups excluding carboxylic acids is 4. The van der Waals surface area contributed by atoms with Gasteiger partial charge in [-0.1, -0.05) is 24.9 Å². The van der Waals surface area contributed by atoms with Crippen molar-refractivity contribution < 1.29 is 23.9 Å². The molecule has 2 heterocycles. The summed E-state index contributed by atoms with van der Waals surface area (Å²) < 4.78 is 7.28. The Morgan fingerprint density at radius 2 is 1.66 bits per heavy atom. The fraction of sp³-hybridized carbons (Fsp3) is 0.241. The van der Waals surface area contributed by atoms with Crippen LogP contribution in [0.3, 0.4) is 0 Å². The molecule has 9 heteroatoms. The van der Waals surface area contributed by atoms with E-state index < -0.39 is 11.1 Å². The summed E-state index contributed by atoms with van der Waals surface area (Å²) in [6, 6.07) is 15.4. The summed E-state index contributed by atoms with van der Waals surface area (Å²) in [7, 11) is 0. The maximum absolute atomic E-state index is 13.0. The number of carbonyl (C=O) groups is 4. The van der Waals surface area contributed by atoms with Gasteiger partial charge in [-0.05, 0) is 98.3 Å². The Balaban J connectivity index is 1.51. The van der Waals surface area contributed by atoms with Gasteiger partial charge in [0.25, 0.3) is 11.1 Å². The van der Waals surface area contributed by atoms with Gasteiger partial charge in [-0.2, -0.15) is 0 Å². The minimum absolute atomic E-state index is 0.254. The van der Waals surface area contributed by atoms with E-state index in [1.807, 2.05) is 43.5 Å². The molecular formula is C29H27ClN2O5S. The number of unbranched alkanes of at least 4 members (excludes halogenated alkanes) is 1. The van der Waals surface area contributed by atoms with E-state index in [-0.39, 0.29) is 23.2 Å². The molecule has 1 aliphatic rings. The first kappa shape index (κ1) is 27.4. The third kappa shape index (κ3) is 5.92. The number of benzene rings is 2. The second-order valence-electron chi connectivity index (χ2n) is 8.90. The van der Waals surface area contributed by atoms with Gasteiger partial charge in [0.2, 0.25) is 0 Å². The van der Waals surface area contributed by atoms with Gasteiger partial charge in [0.15, 0.2) is 5.78 Å². The van der Waals surface area contributed by atoms with Crippen molar-refractivity contribution in [3.8, 4) is 5.69 Å². The molecule has 0 unspecified atom stereocenters. The van der Waals surface area contributed by atoms with Crippen molar-refractivity contribution >= 4 is 52.3 Å². The number of rotatable bonds is 9. The summed E-state index contributed by atoms with van der Waals surface area (Å²) >= 11 is 6.69. The van der Waals surface area contributed by atoms with E-state index in [9.17, 15) is 19.2 Å². The third-order valence-electron chi connectivity index (χ3n) is 6.19. The number of ether oxygens (including phenoxy) is 1. The molecule has 1 fully saturated rings. The van der Waals surface area contributed by atoms with Crippen LogP contribution in [0.15, 0.2) is 59.5 Å². The quantitative estimate of drug-likeness (QED) is 0.129. The second kappa shape index (κ2) is 11.8. The van der Waals surface area contributed by atoms with Gasteiger partial charge in [0.05, 0.1) is 23.6 Å². The highest BCUT2D eigenvalue weighted by molar-refractivity contribution is 8.18. The Kier molecular flexibility index (Phi) is 8.54. The van der Waals surface area contributed by atoms with Crippen molar-refractivity contribution in [3.63, 3.8) is 0 Å². The average molecular weight is 551 g/mol. The van der Waals surface area contributed by atoms with Crippen LogP contribution >= 0.6 is 23.4 Å². The topological polar surface area (TPSA) is 85.7 Å². The molecule has 4 rings (SSSR count). The lowest BCUT2D eigenvalue weighted by molar-refractivity contribution is -0.122. The highest BCUT2D eigenvalue weighted by Gasteiger charge is 2.36. The number of imide groups is 1. The average Bonchev–Trinajstić information content (AvgIpc) is 3.33. The Labute approximate surface area is 230 Å². The van der Waals surface area contributed by atoms with E-state index in [1.54, 1.807) is 42.5 Å². The van der Waals surface area contributed by atoms with Crippen LogP contribution in [0.1, 0.15) is 57.4 Å². The molecule has 0 aliphatic carbocycles. The smallest absolute Gasteiger partial charge is 0.338 e. The van der Waals surface area contributed by atoms with Gasteiger partial charge in [-0.3, -0.25) is 19.3 Å². The van der Waals surface area contributed by atoms with Crippen LogP contribution < -0.4 is 0 Å². The minimum Gasteiger partial charge on any atom is -0.462 e. The summed E-state index contributed by atoms with van der Waals surface area (Å²) in [5.74, 6) is -1.20. The number of thioether (sulfide) groups is 1. The van der Waals surface area contributed by atoms with Crippen LogP contribution in [0.5, 0.6) is 0 Å². The largest absolute Gasteiger partial charge is 0.462 e. The van der Waals surface area contributed by atoms with E-state index in [4.69, 9.17) is 16.3 Å². The van der Waals surface area contributed by atoms with Gasteiger partial charge in [-0.25, -0.2) is 4.79 Å². The van der Waals surface area contributed by atoms with E-state index >= 15 is 0 Å². The van der Waals surface area contributed by atoms with Crippen LogP contribution in [0.2, 0.25) is 5.02 Å². The number of aromatic nitrogens is 1. The standard InChI is InChI=1S/C29H27ClN2O5S/c1-4-5-14-37-28(35)21-8-12-24(13-9-21)32-18(2)15-22(19(32)3)16-26-27(34)31(29(36)38-26)17-25(33)20-6-10-23(30)11-7-20/h6-13,15-16H,4-5,14,17H2,1-3H3/b26-16-. The lowest BCUT2D eigenvalue weighted by Gasteiger charge is -2.11. The van der Waals surface area contributed by atoms with E-state index in [0.717, 1.165) is 52.1 Å². The number of halogens is 1. The second-order valence-corrected chi connectivity index (χ2v) is 10.3. The van der Waals surface area contributed by atoms with Crippen molar-refractivity contribution in [2.75, 3.05) is 13.2 Å². The monoisotopic (exact) mass is 550 g/mol. The van der Waals surface area contributed by atoms with Crippen LogP contribution in [-0.2, 0) is 9.53 Å². The molecule has 0 atom stereocenters. The number of hydrogen-bond donors (Lipinski definition) is 0. The number of Topliss-reactive ketones (excluding diaryl/α,β-unsaturated/α-hetero) is 1. The molecule has 0 saturated carbocycles. The first-order valence-corrected chi connectivity index (χ1v) is 13.4.